The lowest BCUT2D eigenvalue weighted by Gasteiger charge is -2.29. The summed E-state index contributed by atoms with van der Waals surface area (Å²) in [6.07, 6.45) is 11.7. The standard InChI is InChI=1S/C28H45N3O6S2/c1-23(32)13-5-2-9-17-29-25(33)14-6-3-11-19-35-28-36-21-24(22-37-28)31-26(34)15-7-4-12-20-38-39-27-16-8-10-18-30-27/h8,10,16,18,24,28H,2-7,9,11-15,17,19-22H2,1H3,(H,29,33)(H,31,34). The van der Waals surface area contributed by atoms with Crippen molar-refractivity contribution in [3.8, 4) is 0 Å². The number of Topliss-reactive ketones (excluding diaryl/α,β-unsaturated/α-hetero) is 1. The van der Waals surface area contributed by atoms with Crippen LogP contribution in [0.5, 0.6) is 0 Å². The van der Waals surface area contributed by atoms with Gasteiger partial charge in [-0.2, -0.15) is 0 Å². The zero-order valence-corrected chi connectivity index (χ0v) is 24.8. The van der Waals surface area contributed by atoms with Gasteiger partial charge in [0.2, 0.25) is 11.8 Å². The summed E-state index contributed by atoms with van der Waals surface area (Å²) >= 11 is 0. The minimum atomic E-state index is -0.703. The first-order valence-electron chi connectivity index (χ1n) is 14.1. The highest BCUT2D eigenvalue weighted by Gasteiger charge is 2.23. The van der Waals surface area contributed by atoms with E-state index < -0.39 is 6.48 Å². The molecule has 2 N–H and O–H groups in total. The maximum atomic E-state index is 12.2. The first-order chi connectivity index (χ1) is 19.0. The van der Waals surface area contributed by atoms with Gasteiger partial charge in [0, 0.05) is 37.8 Å². The fourth-order valence-corrected chi connectivity index (χ4v) is 5.85. The number of rotatable bonds is 22. The van der Waals surface area contributed by atoms with Gasteiger partial charge < -0.3 is 29.6 Å². The number of amides is 2. The Balaban J connectivity index is 1.35. The van der Waals surface area contributed by atoms with Crippen LogP contribution in [0.2, 0.25) is 0 Å². The van der Waals surface area contributed by atoms with Gasteiger partial charge in [-0.05, 0) is 68.4 Å². The molecule has 220 valence electrons. The third-order valence-electron chi connectivity index (χ3n) is 5.98. The van der Waals surface area contributed by atoms with Crippen LogP contribution in [0.1, 0.15) is 84.0 Å². The van der Waals surface area contributed by atoms with Crippen LogP contribution in [-0.2, 0) is 28.6 Å². The van der Waals surface area contributed by atoms with E-state index in [1.165, 1.54) is 0 Å². The van der Waals surface area contributed by atoms with Crippen molar-refractivity contribution < 1.29 is 28.6 Å². The quantitative estimate of drug-likeness (QED) is 0.143. The Morgan fingerprint density at radius 1 is 0.923 bits per heavy atom. The van der Waals surface area contributed by atoms with Gasteiger partial charge in [0.15, 0.2) is 0 Å². The number of ether oxygens (including phenoxy) is 3. The van der Waals surface area contributed by atoms with E-state index in [4.69, 9.17) is 14.2 Å². The number of nitrogens with one attached hydrogen (secondary N) is 2. The van der Waals surface area contributed by atoms with Crippen molar-refractivity contribution in [1.82, 2.24) is 15.6 Å². The second-order valence-electron chi connectivity index (χ2n) is 9.65. The third kappa shape index (κ3) is 18.3. The molecule has 39 heavy (non-hydrogen) atoms. The van der Waals surface area contributed by atoms with Crippen LogP contribution in [0.3, 0.4) is 0 Å². The lowest BCUT2D eigenvalue weighted by Crippen LogP contribution is -2.47. The average molecular weight is 584 g/mol. The van der Waals surface area contributed by atoms with Crippen molar-refractivity contribution >= 4 is 39.2 Å². The molecular weight excluding hydrogens is 538 g/mol. The van der Waals surface area contributed by atoms with Crippen LogP contribution in [0, 0.1) is 0 Å². The van der Waals surface area contributed by atoms with Gasteiger partial charge in [0.1, 0.15) is 10.8 Å². The molecule has 0 aliphatic carbocycles. The molecule has 2 heterocycles. The minimum Gasteiger partial charge on any atom is -0.356 e. The summed E-state index contributed by atoms with van der Waals surface area (Å²) < 4.78 is 16.8. The van der Waals surface area contributed by atoms with Crippen molar-refractivity contribution in [3.63, 3.8) is 0 Å². The Hall–Kier alpha value is -1.66. The van der Waals surface area contributed by atoms with Crippen LogP contribution in [-0.4, -0.2) is 67.2 Å². The molecule has 1 fully saturated rings. The number of nitrogens with zero attached hydrogens (tertiary/aromatic N) is 1. The Kier molecular flexibility index (Phi) is 19.0. The normalized spacial score (nSPS) is 17.1. The summed E-state index contributed by atoms with van der Waals surface area (Å²) in [5.41, 5.74) is 0. The molecule has 0 saturated carbocycles. The maximum absolute atomic E-state index is 12.2. The highest BCUT2D eigenvalue weighted by atomic mass is 33.1. The Morgan fingerprint density at radius 3 is 2.38 bits per heavy atom. The highest BCUT2D eigenvalue weighted by Crippen LogP contribution is 2.29. The number of ketones is 1. The van der Waals surface area contributed by atoms with E-state index in [1.807, 2.05) is 18.2 Å². The van der Waals surface area contributed by atoms with Crippen molar-refractivity contribution in [3.05, 3.63) is 24.4 Å². The predicted octanol–water partition coefficient (Wildman–Crippen LogP) is 5.04. The van der Waals surface area contributed by atoms with Crippen molar-refractivity contribution in [2.45, 2.75) is 102 Å². The summed E-state index contributed by atoms with van der Waals surface area (Å²) in [6, 6.07) is 5.75. The summed E-state index contributed by atoms with van der Waals surface area (Å²) in [5.74, 6) is 1.36. The van der Waals surface area contributed by atoms with E-state index in [1.54, 1.807) is 34.7 Å². The molecule has 0 unspecified atom stereocenters. The van der Waals surface area contributed by atoms with Gasteiger partial charge in [-0.15, -0.1) is 0 Å². The molecule has 0 aromatic carbocycles. The van der Waals surface area contributed by atoms with Crippen LogP contribution in [0.15, 0.2) is 29.4 Å². The molecule has 0 radical (unpaired) electrons. The van der Waals surface area contributed by atoms with Gasteiger partial charge in [-0.1, -0.05) is 36.1 Å². The lowest BCUT2D eigenvalue weighted by molar-refractivity contribution is -0.315. The Bertz CT molecular complexity index is 810. The van der Waals surface area contributed by atoms with Crippen LogP contribution >= 0.6 is 21.6 Å². The predicted molar refractivity (Wildman–Crippen MR) is 155 cm³/mol. The van der Waals surface area contributed by atoms with Gasteiger partial charge in [0.05, 0.1) is 25.9 Å². The molecule has 0 atom stereocenters. The maximum Gasteiger partial charge on any atom is 0.271 e. The number of unbranched alkanes of at least 4 members (excludes halogenated alkanes) is 6. The van der Waals surface area contributed by atoms with Gasteiger partial charge in [0.25, 0.3) is 6.48 Å². The Morgan fingerprint density at radius 2 is 1.64 bits per heavy atom. The molecule has 2 amide bonds. The first kappa shape index (κ1) is 33.5. The number of pyridine rings is 1. The second kappa shape index (κ2) is 22.1. The van der Waals surface area contributed by atoms with E-state index in [0.717, 1.165) is 68.6 Å². The van der Waals surface area contributed by atoms with Crippen LogP contribution < -0.4 is 10.6 Å². The average Bonchev–Trinajstić information content (AvgIpc) is 2.93. The SMILES string of the molecule is CC(=O)CCCCCNC(=O)CCCCCOC1OCC(NC(=O)CCCCCSSc2ccccn2)CO1. The fraction of sp³-hybridized carbons (Fsp3) is 0.714. The van der Waals surface area contributed by atoms with Crippen LogP contribution in [0.25, 0.3) is 0 Å². The molecule has 1 aliphatic heterocycles. The van der Waals surface area contributed by atoms with E-state index >= 15 is 0 Å². The van der Waals surface area contributed by atoms with Gasteiger partial charge in [-0.3, -0.25) is 9.59 Å². The molecule has 1 saturated heterocycles. The van der Waals surface area contributed by atoms with Gasteiger partial charge in [-0.25, -0.2) is 4.98 Å². The highest BCUT2D eigenvalue weighted by molar-refractivity contribution is 8.76. The summed E-state index contributed by atoms with van der Waals surface area (Å²) in [5, 5.41) is 6.92. The summed E-state index contributed by atoms with van der Waals surface area (Å²) in [6.45, 7) is 2.81. The molecule has 11 heteroatoms. The largest absolute Gasteiger partial charge is 0.356 e. The van der Waals surface area contributed by atoms with E-state index in [0.29, 0.717) is 45.6 Å². The van der Waals surface area contributed by atoms with Crippen molar-refractivity contribution in [1.29, 1.82) is 0 Å². The molecule has 1 aliphatic rings. The Labute approximate surface area is 241 Å². The molecule has 2 rings (SSSR count). The number of aromatic nitrogens is 1. The minimum absolute atomic E-state index is 0.0269. The summed E-state index contributed by atoms with van der Waals surface area (Å²) in [4.78, 5) is 39.2. The first-order valence-corrected chi connectivity index (χ1v) is 16.5. The third-order valence-corrected chi connectivity index (χ3v) is 8.33. The van der Waals surface area contributed by atoms with Crippen molar-refractivity contribution in [2.75, 3.05) is 32.1 Å². The molecule has 1 aromatic heterocycles. The van der Waals surface area contributed by atoms with E-state index in [2.05, 4.69) is 15.6 Å². The number of carbonyl (C=O) groups is 3. The molecular formula is C28H45N3O6S2. The van der Waals surface area contributed by atoms with Crippen LogP contribution in [0.4, 0.5) is 0 Å². The lowest BCUT2D eigenvalue weighted by atomic mass is 10.1. The second-order valence-corrected chi connectivity index (χ2v) is 12.1. The monoisotopic (exact) mass is 583 g/mol. The fourth-order valence-electron chi connectivity index (χ4n) is 3.82. The molecule has 9 nitrogen and oxygen atoms in total. The zero-order chi connectivity index (χ0) is 28.0. The zero-order valence-electron chi connectivity index (χ0n) is 23.2. The smallest absolute Gasteiger partial charge is 0.271 e. The van der Waals surface area contributed by atoms with Gasteiger partial charge >= 0.3 is 0 Å². The van der Waals surface area contributed by atoms with E-state index in [-0.39, 0.29) is 23.6 Å². The van der Waals surface area contributed by atoms with Crippen molar-refractivity contribution in [2.24, 2.45) is 0 Å². The molecule has 0 spiro atoms. The number of hydrogen-bond acceptors (Lipinski definition) is 9. The summed E-state index contributed by atoms with van der Waals surface area (Å²) in [7, 11) is 3.48. The van der Waals surface area contributed by atoms with E-state index in [9.17, 15) is 14.4 Å². The molecule has 0 bridgehead atoms. The topological polar surface area (TPSA) is 116 Å². The number of hydrogen-bond donors (Lipinski definition) is 2. The molecule has 1 aromatic rings. The number of carbonyl (C=O) groups excluding carboxylic acids is 3.